The van der Waals surface area contributed by atoms with Crippen molar-refractivity contribution in [3.8, 4) is 17.6 Å². The number of anilines is 1. The molecule has 0 aliphatic rings. The molecule has 6 heteroatoms. The average molecular weight is 399 g/mol. The number of amides is 1. The number of rotatable bonds is 8. The van der Waals surface area contributed by atoms with Crippen LogP contribution in [0.4, 0.5) is 5.69 Å². The summed E-state index contributed by atoms with van der Waals surface area (Å²) in [6, 6.07) is 12.7. The highest BCUT2D eigenvalue weighted by atomic mass is 35.5. The maximum Gasteiger partial charge on any atom is 0.266 e. The van der Waals surface area contributed by atoms with Crippen LogP contribution in [-0.4, -0.2) is 19.1 Å². The molecule has 2 rings (SSSR count). The Morgan fingerprint density at radius 1 is 1.11 bits per heavy atom. The molecule has 2 aromatic carbocycles. The first-order valence-electron chi connectivity index (χ1n) is 9.13. The van der Waals surface area contributed by atoms with Crippen molar-refractivity contribution in [1.82, 2.24) is 0 Å². The van der Waals surface area contributed by atoms with E-state index >= 15 is 0 Å². The van der Waals surface area contributed by atoms with E-state index in [1.54, 1.807) is 12.1 Å². The van der Waals surface area contributed by atoms with Gasteiger partial charge in [-0.05, 0) is 50.1 Å². The molecule has 2 aromatic rings. The molecule has 0 fully saturated rings. The Kier molecular flexibility index (Phi) is 7.91. The fourth-order valence-corrected chi connectivity index (χ4v) is 2.76. The van der Waals surface area contributed by atoms with E-state index in [1.807, 2.05) is 44.2 Å². The summed E-state index contributed by atoms with van der Waals surface area (Å²) in [6.07, 6.45) is 2.37. The van der Waals surface area contributed by atoms with Crippen LogP contribution in [0.15, 0.2) is 42.0 Å². The number of benzene rings is 2. The van der Waals surface area contributed by atoms with Gasteiger partial charge in [-0.15, -0.1) is 0 Å². The van der Waals surface area contributed by atoms with Crippen molar-refractivity contribution in [3.63, 3.8) is 0 Å². The van der Waals surface area contributed by atoms with E-state index < -0.39 is 5.91 Å². The Hall–Kier alpha value is -2.97. The van der Waals surface area contributed by atoms with Crippen molar-refractivity contribution < 1.29 is 14.3 Å². The van der Waals surface area contributed by atoms with Crippen LogP contribution in [0.5, 0.6) is 11.5 Å². The monoisotopic (exact) mass is 398 g/mol. The summed E-state index contributed by atoms with van der Waals surface area (Å²) in [7, 11) is 0. The molecule has 0 aliphatic heterocycles. The van der Waals surface area contributed by atoms with E-state index in [9.17, 15) is 10.1 Å². The lowest BCUT2D eigenvalue weighted by atomic mass is 10.1. The fourth-order valence-electron chi connectivity index (χ4n) is 2.54. The second-order valence-corrected chi connectivity index (χ2v) is 6.27. The van der Waals surface area contributed by atoms with E-state index in [1.165, 1.54) is 11.6 Å². The van der Waals surface area contributed by atoms with Gasteiger partial charge in [0.25, 0.3) is 5.91 Å². The smallest absolute Gasteiger partial charge is 0.266 e. The first kappa shape index (κ1) is 21.3. The van der Waals surface area contributed by atoms with Crippen LogP contribution in [0.3, 0.4) is 0 Å². The number of nitrogens with zero attached hydrogens (tertiary/aromatic N) is 1. The highest BCUT2D eigenvalue weighted by Gasteiger charge is 2.14. The van der Waals surface area contributed by atoms with Gasteiger partial charge in [0.1, 0.15) is 23.1 Å². The molecular weight excluding hydrogens is 376 g/mol. The van der Waals surface area contributed by atoms with Crippen LogP contribution in [0, 0.1) is 11.3 Å². The van der Waals surface area contributed by atoms with Crippen molar-refractivity contribution in [1.29, 1.82) is 5.26 Å². The lowest BCUT2D eigenvalue weighted by Gasteiger charge is -2.12. The topological polar surface area (TPSA) is 71.3 Å². The third kappa shape index (κ3) is 5.51. The summed E-state index contributed by atoms with van der Waals surface area (Å²) in [5, 5.41) is 12.6. The first-order chi connectivity index (χ1) is 13.5. The van der Waals surface area contributed by atoms with Crippen molar-refractivity contribution >= 4 is 29.3 Å². The zero-order valence-corrected chi connectivity index (χ0v) is 17.0. The van der Waals surface area contributed by atoms with Crippen LogP contribution >= 0.6 is 11.6 Å². The third-order valence-electron chi connectivity index (χ3n) is 3.95. The molecule has 0 aromatic heterocycles. The van der Waals surface area contributed by atoms with Crippen molar-refractivity contribution in [2.24, 2.45) is 0 Å². The Labute approximate surface area is 170 Å². The predicted octanol–water partition coefficient (Wildman–Crippen LogP) is 5.25. The number of hydrogen-bond donors (Lipinski definition) is 1. The largest absolute Gasteiger partial charge is 0.493 e. The van der Waals surface area contributed by atoms with Crippen molar-refractivity contribution in [2.75, 3.05) is 18.5 Å². The number of carbonyl (C=O) groups is 1. The Balaban J connectivity index is 2.32. The number of nitrogens with one attached hydrogen (secondary N) is 1. The third-order valence-corrected chi connectivity index (χ3v) is 4.24. The minimum atomic E-state index is -0.501. The van der Waals surface area contributed by atoms with E-state index in [2.05, 4.69) is 12.2 Å². The summed E-state index contributed by atoms with van der Waals surface area (Å²) in [4.78, 5) is 12.5. The van der Waals surface area contributed by atoms with Crippen molar-refractivity contribution in [3.05, 3.63) is 58.1 Å². The van der Waals surface area contributed by atoms with Crippen LogP contribution < -0.4 is 14.8 Å². The summed E-state index contributed by atoms with van der Waals surface area (Å²) in [6.45, 7) is 6.65. The Morgan fingerprint density at radius 3 is 2.32 bits per heavy atom. The lowest BCUT2D eigenvalue weighted by molar-refractivity contribution is -0.112. The number of hydrogen-bond acceptors (Lipinski definition) is 4. The van der Waals surface area contributed by atoms with E-state index in [-0.39, 0.29) is 5.57 Å². The van der Waals surface area contributed by atoms with Gasteiger partial charge >= 0.3 is 0 Å². The first-order valence-corrected chi connectivity index (χ1v) is 9.51. The standard InChI is InChI=1S/C22H23ClN2O3/c1-4-15-7-9-18(10-8-15)25-22(26)17(14-24)11-16-12-19(23)21(28-6-3)13-20(16)27-5-2/h7-13H,4-6H2,1-3H3,(H,25,26)/b17-11+. The Morgan fingerprint density at radius 2 is 1.75 bits per heavy atom. The summed E-state index contributed by atoms with van der Waals surface area (Å²) in [5.41, 5.74) is 2.27. The molecule has 0 unspecified atom stereocenters. The van der Waals surface area contributed by atoms with Gasteiger partial charge in [-0.3, -0.25) is 4.79 Å². The summed E-state index contributed by atoms with van der Waals surface area (Å²) in [5.74, 6) is 0.478. The molecule has 0 spiro atoms. The minimum Gasteiger partial charge on any atom is -0.493 e. The molecule has 5 nitrogen and oxygen atoms in total. The second kappa shape index (κ2) is 10.4. The number of halogens is 1. The molecule has 28 heavy (non-hydrogen) atoms. The molecule has 0 saturated heterocycles. The van der Waals surface area contributed by atoms with Gasteiger partial charge in [0.05, 0.1) is 18.2 Å². The van der Waals surface area contributed by atoms with Crippen LogP contribution in [0.1, 0.15) is 31.9 Å². The molecule has 0 bridgehead atoms. The zero-order chi connectivity index (χ0) is 20.5. The molecule has 146 valence electrons. The van der Waals surface area contributed by atoms with Crippen LogP contribution in [0.2, 0.25) is 5.02 Å². The maximum atomic E-state index is 12.5. The summed E-state index contributed by atoms with van der Waals surface area (Å²) >= 11 is 6.25. The van der Waals surface area contributed by atoms with Gasteiger partial charge in [0.2, 0.25) is 0 Å². The molecule has 0 radical (unpaired) electrons. The van der Waals surface area contributed by atoms with Gasteiger partial charge in [0.15, 0.2) is 0 Å². The molecule has 1 N–H and O–H groups in total. The van der Waals surface area contributed by atoms with Gasteiger partial charge in [0, 0.05) is 17.3 Å². The van der Waals surface area contributed by atoms with Crippen LogP contribution in [-0.2, 0) is 11.2 Å². The van der Waals surface area contributed by atoms with E-state index in [4.69, 9.17) is 21.1 Å². The van der Waals surface area contributed by atoms with Crippen molar-refractivity contribution in [2.45, 2.75) is 27.2 Å². The van der Waals surface area contributed by atoms with Gasteiger partial charge in [-0.2, -0.15) is 5.26 Å². The minimum absolute atomic E-state index is 0.0549. The highest BCUT2D eigenvalue weighted by Crippen LogP contribution is 2.34. The van der Waals surface area contributed by atoms with E-state index in [0.29, 0.717) is 41.0 Å². The molecule has 0 atom stereocenters. The molecular formula is C22H23ClN2O3. The molecule has 0 aliphatic carbocycles. The summed E-state index contributed by atoms with van der Waals surface area (Å²) < 4.78 is 11.1. The number of ether oxygens (including phenoxy) is 2. The molecule has 0 saturated carbocycles. The van der Waals surface area contributed by atoms with Gasteiger partial charge in [-0.25, -0.2) is 0 Å². The number of carbonyl (C=O) groups excluding carboxylic acids is 1. The predicted molar refractivity (Wildman–Crippen MR) is 112 cm³/mol. The van der Waals surface area contributed by atoms with Gasteiger partial charge in [-0.1, -0.05) is 30.7 Å². The van der Waals surface area contributed by atoms with Crippen LogP contribution in [0.25, 0.3) is 6.08 Å². The average Bonchev–Trinajstić information content (AvgIpc) is 2.70. The number of aryl methyl sites for hydroxylation is 1. The fraction of sp³-hybridized carbons (Fsp3) is 0.273. The Bertz CT molecular complexity index is 899. The van der Waals surface area contributed by atoms with Gasteiger partial charge < -0.3 is 14.8 Å². The SMILES string of the molecule is CCOc1cc(OCC)c(/C=C(\C#N)C(=O)Nc2ccc(CC)cc2)cc1Cl. The quantitative estimate of drug-likeness (QED) is 0.487. The molecule has 1 amide bonds. The normalized spacial score (nSPS) is 10.9. The number of nitriles is 1. The lowest BCUT2D eigenvalue weighted by Crippen LogP contribution is -2.13. The highest BCUT2D eigenvalue weighted by molar-refractivity contribution is 6.32. The zero-order valence-electron chi connectivity index (χ0n) is 16.2. The maximum absolute atomic E-state index is 12.5. The second-order valence-electron chi connectivity index (χ2n) is 5.86. The van der Waals surface area contributed by atoms with E-state index in [0.717, 1.165) is 6.42 Å². The molecule has 0 heterocycles.